The first-order valence-electron chi connectivity index (χ1n) is 12.4. The molecule has 0 amide bonds. The van der Waals surface area contributed by atoms with Crippen LogP contribution in [0.4, 0.5) is 5.95 Å². The molecule has 0 spiro atoms. The molecule has 1 fully saturated rings. The number of ketones is 1. The number of carbonyl (C=O) groups excluding carboxylic acids is 1. The van der Waals surface area contributed by atoms with E-state index in [0.29, 0.717) is 38.8 Å². The number of imidazole rings is 1. The summed E-state index contributed by atoms with van der Waals surface area (Å²) in [6.45, 7) is 7.90. The molecule has 2 aromatic heterocycles. The molecule has 188 valence electrons. The van der Waals surface area contributed by atoms with Crippen molar-refractivity contribution < 1.29 is 19.4 Å². The van der Waals surface area contributed by atoms with Crippen molar-refractivity contribution >= 4 is 22.9 Å². The van der Waals surface area contributed by atoms with Crippen molar-refractivity contribution in [3.63, 3.8) is 0 Å². The number of anilines is 1. The number of aromatic nitrogens is 4. The summed E-state index contributed by atoms with van der Waals surface area (Å²) in [4.78, 5) is 27.9. The summed E-state index contributed by atoms with van der Waals surface area (Å²) in [6, 6.07) is 8.48. The van der Waals surface area contributed by atoms with Gasteiger partial charge in [0.2, 0.25) is 5.95 Å². The SMILES string of the molecule is CC(C)n1cnc2c(-c3cccc(COCCCCCC(=O)CO)c3)nc(N3CCOCC3)nc21. The van der Waals surface area contributed by atoms with Gasteiger partial charge in [-0.15, -0.1) is 0 Å². The van der Waals surface area contributed by atoms with Gasteiger partial charge in [0.25, 0.3) is 0 Å². The number of benzene rings is 1. The van der Waals surface area contributed by atoms with Crippen LogP contribution in [0.1, 0.15) is 51.1 Å². The summed E-state index contributed by atoms with van der Waals surface area (Å²) >= 11 is 0. The van der Waals surface area contributed by atoms with E-state index in [1.807, 2.05) is 12.4 Å². The summed E-state index contributed by atoms with van der Waals surface area (Å²) in [7, 11) is 0. The molecule has 3 aromatic rings. The van der Waals surface area contributed by atoms with Gasteiger partial charge in [-0.25, -0.2) is 9.97 Å². The maximum Gasteiger partial charge on any atom is 0.228 e. The fourth-order valence-corrected chi connectivity index (χ4v) is 4.17. The number of unbranched alkanes of at least 4 members (excludes halogenated alkanes) is 2. The van der Waals surface area contributed by atoms with E-state index in [-0.39, 0.29) is 18.4 Å². The maximum atomic E-state index is 11.2. The van der Waals surface area contributed by atoms with E-state index in [1.165, 1.54) is 0 Å². The van der Waals surface area contributed by atoms with E-state index in [4.69, 9.17) is 24.5 Å². The van der Waals surface area contributed by atoms with E-state index in [9.17, 15) is 4.79 Å². The van der Waals surface area contributed by atoms with Crippen LogP contribution in [-0.2, 0) is 20.9 Å². The summed E-state index contributed by atoms with van der Waals surface area (Å²) in [5.41, 5.74) is 4.52. The number of carbonyl (C=O) groups is 1. The molecule has 35 heavy (non-hydrogen) atoms. The van der Waals surface area contributed by atoms with Gasteiger partial charge in [-0.05, 0) is 38.3 Å². The molecule has 9 heteroatoms. The van der Waals surface area contributed by atoms with Crippen molar-refractivity contribution in [2.75, 3.05) is 44.4 Å². The van der Waals surface area contributed by atoms with Crippen molar-refractivity contribution in [2.24, 2.45) is 0 Å². The van der Waals surface area contributed by atoms with Crippen LogP contribution in [0.5, 0.6) is 0 Å². The Morgan fingerprint density at radius 1 is 1.17 bits per heavy atom. The van der Waals surface area contributed by atoms with Crippen LogP contribution in [0.25, 0.3) is 22.4 Å². The summed E-state index contributed by atoms with van der Waals surface area (Å²) < 4.78 is 13.5. The highest BCUT2D eigenvalue weighted by Gasteiger charge is 2.21. The number of rotatable bonds is 12. The van der Waals surface area contributed by atoms with Crippen molar-refractivity contribution in [2.45, 2.75) is 52.2 Å². The van der Waals surface area contributed by atoms with Gasteiger partial charge in [-0.1, -0.05) is 24.6 Å². The molecule has 9 nitrogen and oxygen atoms in total. The van der Waals surface area contributed by atoms with Gasteiger partial charge in [-0.3, -0.25) is 4.79 Å². The van der Waals surface area contributed by atoms with Crippen LogP contribution in [0, 0.1) is 0 Å². The van der Waals surface area contributed by atoms with E-state index >= 15 is 0 Å². The average molecular weight is 482 g/mol. The number of hydrogen-bond donors (Lipinski definition) is 1. The summed E-state index contributed by atoms with van der Waals surface area (Å²) in [5.74, 6) is 0.607. The van der Waals surface area contributed by atoms with Gasteiger partial charge >= 0.3 is 0 Å². The number of hydrogen-bond acceptors (Lipinski definition) is 8. The second kappa shape index (κ2) is 12.2. The molecule has 0 unspecified atom stereocenters. The number of Topliss-reactive ketones (excluding diaryl/α,β-unsaturated/α-hetero) is 1. The van der Waals surface area contributed by atoms with Gasteiger partial charge in [0.1, 0.15) is 17.8 Å². The first kappa shape index (κ1) is 25.2. The lowest BCUT2D eigenvalue weighted by Gasteiger charge is -2.27. The molecular weight excluding hydrogens is 446 g/mol. The molecule has 0 saturated carbocycles. The van der Waals surface area contributed by atoms with E-state index in [1.54, 1.807) is 0 Å². The van der Waals surface area contributed by atoms with Crippen molar-refractivity contribution in [3.8, 4) is 11.3 Å². The van der Waals surface area contributed by atoms with Gasteiger partial charge in [0.15, 0.2) is 11.4 Å². The monoisotopic (exact) mass is 481 g/mol. The zero-order valence-electron chi connectivity index (χ0n) is 20.7. The van der Waals surface area contributed by atoms with E-state index in [0.717, 1.165) is 60.3 Å². The molecule has 0 atom stereocenters. The second-order valence-electron chi connectivity index (χ2n) is 9.15. The minimum Gasteiger partial charge on any atom is -0.389 e. The van der Waals surface area contributed by atoms with Crippen molar-refractivity contribution in [1.82, 2.24) is 19.5 Å². The maximum absolute atomic E-state index is 11.2. The van der Waals surface area contributed by atoms with Gasteiger partial charge in [-0.2, -0.15) is 4.98 Å². The first-order chi connectivity index (χ1) is 17.1. The van der Waals surface area contributed by atoms with Crippen molar-refractivity contribution in [1.29, 1.82) is 0 Å². The molecule has 1 N–H and O–H groups in total. The van der Waals surface area contributed by atoms with Crippen LogP contribution in [-0.4, -0.2) is 69.9 Å². The fraction of sp³-hybridized carbons (Fsp3) is 0.538. The third-order valence-corrected chi connectivity index (χ3v) is 6.15. The van der Waals surface area contributed by atoms with Crippen LogP contribution in [0.15, 0.2) is 30.6 Å². The lowest BCUT2D eigenvalue weighted by Crippen LogP contribution is -2.37. The lowest BCUT2D eigenvalue weighted by molar-refractivity contribution is -0.121. The molecule has 4 rings (SSSR count). The molecule has 1 saturated heterocycles. The topological polar surface area (TPSA) is 103 Å². The normalized spacial score (nSPS) is 14.2. The largest absolute Gasteiger partial charge is 0.389 e. The van der Waals surface area contributed by atoms with Crippen LogP contribution in [0.3, 0.4) is 0 Å². The number of aliphatic hydroxyl groups is 1. The quantitative estimate of drug-likeness (QED) is 0.392. The number of morpholine rings is 1. The zero-order chi connectivity index (χ0) is 24.6. The minimum atomic E-state index is -0.364. The van der Waals surface area contributed by atoms with Crippen LogP contribution in [0.2, 0.25) is 0 Å². The Morgan fingerprint density at radius 2 is 2.00 bits per heavy atom. The Labute approximate surface area is 206 Å². The summed E-state index contributed by atoms with van der Waals surface area (Å²) in [6.07, 6.45) is 4.87. The predicted octanol–water partition coefficient (Wildman–Crippen LogP) is 3.55. The average Bonchev–Trinajstić information content (AvgIpc) is 3.32. The second-order valence-corrected chi connectivity index (χ2v) is 9.15. The highest BCUT2D eigenvalue weighted by atomic mass is 16.5. The Kier molecular flexibility index (Phi) is 8.79. The van der Waals surface area contributed by atoms with Crippen LogP contribution < -0.4 is 4.90 Å². The highest BCUT2D eigenvalue weighted by molar-refractivity contribution is 5.88. The Hall–Kier alpha value is -2.88. The number of ether oxygens (including phenoxy) is 2. The summed E-state index contributed by atoms with van der Waals surface area (Å²) in [5, 5.41) is 8.78. The number of nitrogens with zero attached hydrogens (tertiary/aromatic N) is 5. The third-order valence-electron chi connectivity index (χ3n) is 6.15. The third kappa shape index (κ3) is 6.42. The molecule has 0 bridgehead atoms. The van der Waals surface area contributed by atoms with Gasteiger partial charge in [0, 0.05) is 37.7 Å². The molecular formula is C26H35N5O4. The Morgan fingerprint density at radius 3 is 2.77 bits per heavy atom. The molecule has 1 aliphatic heterocycles. The molecule has 1 aromatic carbocycles. The standard InChI is InChI=1S/C26H35N5O4/c1-19(2)31-18-27-24-23(28-26(29-25(24)31)30-10-13-34-14-11-30)21-8-6-7-20(15-21)17-35-12-5-3-4-9-22(33)16-32/h6-8,15,18-19,32H,3-5,9-14,16-17H2,1-2H3. The van der Waals surface area contributed by atoms with E-state index in [2.05, 4.69) is 46.5 Å². The number of fused-ring (bicyclic) bond motifs is 1. The van der Waals surface area contributed by atoms with Crippen molar-refractivity contribution in [3.05, 3.63) is 36.2 Å². The minimum absolute atomic E-state index is 0.100. The predicted molar refractivity (Wildman–Crippen MR) is 134 cm³/mol. The Bertz CT molecular complexity index is 1120. The highest BCUT2D eigenvalue weighted by Crippen LogP contribution is 2.29. The Balaban J connectivity index is 1.49. The molecule has 1 aliphatic rings. The smallest absolute Gasteiger partial charge is 0.228 e. The lowest BCUT2D eigenvalue weighted by atomic mass is 10.1. The zero-order valence-corrected chi connectivity index (χ0v) is 20.7. The van der Waals surface area contributed by atoms with Crippen LogP contribution >= 0.6 is 0 Å². The van der Waals surface area contributed by atoms with Gasteiger partial charge < -0.3 is 24.0 Å². The first-order valence-corrected chi connectivity index (χ1v) is 12.4. The van der Waals surface area contributed by atoms with E-state index < -0.39 is 0 Å². The molecule has 0 aliphatic carbocycles. The molecule has 0 radical (unpaired) electrons. The van der Waals surface area contributed by atoms with Gasteiger partial charge in [0.05, 0.1) is 26.1 Å². The molecule has 3 heterocycles. The number of aliphatic hydroxyl groups excluding tert-OH is 1. The fourth-order valence-electron chi connectivity index (χ4n) is 4.17.